The molecular formula is C12H13NO2. The van der Waals surface area contributed by atoms with Crippen LogP contribution in [-0.4, -0.2) is 18.9 Å². The van der Waals surface area contributed by atoms with Crippen molar-refractivity contribution in [3.05, 3.63) is 35.4 Å². The van der Waals surface area contributed by atoms with E-state index in [9.17, 15) is 0 Å². The molecule has 0 aromatic heterocycles. The van der Waals surface area contributed by atoms with Gasteiger partial charge in [0.1, 0.15) is 12.7 Å². The second kappa shape index (κ2) is 3.35. The molecule has 3 heteroatoms. The van der Waals surface area contributed by atoms with Gasteiger partial charge in [-0.1, -0.05) is 35.0 Å². The van der Waals surface area contributed by atoms with Gasteiger partial charge in [-0.15, -0.1) is 0 Å². The Kier molecular flexibility index (Phi) is 1.99. The first kappa shape index (κ1) is 8.92. The van der Waals surface area contributed by atoms with Crippen LogP contribution < -0.4 is 0 Å². The summed E-state index contributed by atoms with van der Waals surface area (Å²) in [5.74, 6) is 0.372. The highest BCUT2D eigenvalue weighted by molar-refractivity contribution is 5.93. The summed E-state index contributed by atoms with van der Waals surface area (Å²) in [6, 6.07) is 8.40. The molecule has 1 aromatic carbocycles. The first-order valence-electron chi connectivity index (χ1n) is 5.22. The lowest BCUT2D eigenvalue weighted by molar-refractivity contribution is 0.0792. The Hall–Kier alpha value is -1.35. The van der Waals surface area contributed by atoms with Crippen molar-refractivity contribution in [3.63, 3.8) is 0 Å². The van der Waals surface area contributed by atoms with Gasteiger partial charge < -0.3 is 9.57 Å². The van der Waals surface area contributed by atoms with Crippen molar-refractivity contribution in [1.82, 2.24) is 0 Å². The highest BCUT2D eigenvalue weighted by Crippen LogP contribution is 2.33. The number of benzene rings is 1. The van der Waals surface area contributed by atoms with Crippen LogP contribution in [0, 0.1) is 12.8 Å². The fraction of sp³-hybridized carbons (Fsp3) is 0.417. The second-order valence-electron chi connectivity index (χ2n) is 4.13. The zero-order chi connectivity index (χ0) is 10.3. The summed E-state index contributed by atoms with van der Waals surface area (Å²) < 4.78 is 5.74. The van der Waals surface area contributed by atoms with Crippen LogP contribution in [0.1, 0.15) is 17.2 Å². The van der Waals surface area contributed by atoms with E-state index in [2.05, 4.69) is 36.3 Å². The lowest BCUT2D eigenvalue weighted by Crippen LogP contribution is -2.11. The van der Waals surface area contributed by atoms with Crippen molar-refractivity contribution in [1.29, 1.82) is 0 Å². The average Bonchev–Trinajstić information content (AvgIpc) is 2.80. The highest BCUT2D eigenvalue weighted by atomic mass is 16.6. The van der Waals surface area contributed by atoms with E-state index < -0.39 is 0 Å². The summed E-state index contributed by atoms with van der Waals surface area (Å²) >= 11 is 0. The van der Waals surface area contributed by atoms with Crippen molar-refractivity contribution in [2.75, 3.05) is 13.2 Å². The van der Waals surface area contributed by atoms with E-state index in [0.717, 1.165) is 12.3 Å². The predicted molar refractivity (Wildman–Crippen MR) is 56.7 cm³/mol. The fourth-order valence-corrected chi connectivity index (χ4v) is 2.06. The lowest BCUT2D eigenvalue weighted by atomic mass is 9.98. The van der Waals surface area contributed by atoms with E-state index in [1.165, 1.54) is 11.1 Å². The summed E-state index contributed by atoms with van der Waals surface area (Å²) in [4.78, 5) is 5.09. The van der Waals surface area contributed by atoms with Crippen molar-refractivity contribution >= 4 is 5.71 Å². The van der Waals surface area contributed by atoms with Gasteiger partial charge in [-0.25, -0.2) is 0 Å². The van der Waals surface area contributed by atoms with E-state index in [-0.39, 0.29) is 6.10 Å². The van der Waals surface area contributed by atoms with Gasteiger partial charge in [0.2, 0.25) is 0 Å². The van der Waals surface area contributed by atoms with Crippen LogP contribution in [0.15, 0.2) is 29.4 Å². The Morgan fingerprint density at radius 1 is 1.20 bits per heavy atom. The normalized spacial score (nSPS) is 28.5. The van der Waals surface area contributed by atoms with Crippen molar-refractivity contribution < 1.29 is 9.57 Å². The third kappa shape index (κ3) is 1.43. The molecule has 0 radical (unpaired) electrons. The fourth-order valence-electron chi connectivity index (χ4n) is 2.06. The lowest BCUT2D eigenvalue weighted by Gasteiger charge is -2.09. The van der Waals surface area contributed by atoms with Gasteiger partial charge >= 0.3 is 0 Å². The van der Waals surface area contributed by atoms with Gasteiger partial charge in [0, 0.05) is 0 Å². The SMILES string of the molecule is Cc1ccc([C@H]2OC[C@H]3CON=C32)cc1. The molecule has 15 heavy (non-hydrogen) atoms. The average molecular weight is 203 g/mol. The van der Waals surface area contributed by atoms with Gasteiger partial charge in [-0.2, -0.15) is 0 Å². The molecule has 2 aliphatic rings. The summed E-state index contributed by atoms with van der Waals surface area (Å²) in [5.41, 5.74) is 3.49. The standard InChI is InChI=1S/C12H13NO2/c1-8-2-4-9(5-3-8)12-11-10(6-14-12)7-15-13-11/h2-5,10,12H,6-7H2,1H3/t10-,12+/m0/s1. The number of rotatable bonds is 1. The summed E-state index contributed by atoms with van der Waals surface area (Å²) in [5, 5.41) is 4.07. The largest absolute Gasteiger partial charge is 0.395 e. The third-order valence-electron chi connectivity index (χ3n) is 2.98. The van der Waals surface area contributed by atoms with Crippen LogP contribution in [0.3, 0.4) is 0 Å². The quantitative estimate of drug-likeness (QED) is 0.699. The van der Waals surface area contributed by atoms with E-state index in [0.29, 0.717) is 12.5 Å². The molecule has 1 aromatic rings. The van der Waals surface area contributed by atoms with Crippen molar-refractivity contribution in [2.24, 2.45) is 11.1 Å². The monoisotopic (exact) mass is 203 g/mol. The molecule has 0 amide bonds. The predicted octanol–water partition coefficient (Wildman–Crippen LogP) is 2.07. The van der Waals surface area contributed by atoms with Gasteiger partial charge in [0.15, 0.2) is 0 Å². The Morgan fingerprint density at radius 3 is 2.80 bits per heavy atom. The molecule has 1 saturated heterocycles. The summed E-state index contributed by atoms with van der Waals surface area (Å²) in [7, 11) is 0. The molecule has 2 atom stereocenters. The van der Waals surface area contributed by atoms with E-state index in [1.54, 1.807) is 0 Å². The second-order valence-corrected chi connectivity index (χ2v) is 4.13. The molecule has 0 N–H and O–H groups in total. The minimum atomic E-state index is 0.0121. The zero-order valence-corrected chi connectivity index (χ0v) is 8.64. The Morgan fingerprint density at radius 2 is 2.00 bits per heavy atom. The number of hydrogen-bond acceptors (Lipinski definition) is 3. The molecule has 78 valence electrons. The Bertz CT molecular complexity index is 397. The maximum Gasteiger partial charge on any atom is 0.127 e. The molecule has 0 bridgehead atoms. The van der Waals surface area contributed by atoms with E-state index in [4.69, 9.17) is 9.57 Å². The molecule has 3 nitrogen and oxygen atoms in total. The molecule has 0 aliphatic carbocycles. The van der Waals surface area contributed by atoms with Crippen LogP contribution >= 0.6 is 0 Å². The number of aryl methyl sites for hydroxylation is 1. The topological polar surface area (TPSA) is 30.8 Å². The summed E-state index contributed by atoms with van der Waals surface area (Å²) in [6.07, 6.45) is 0.0121. The molecule has 1 fully saturated rings. The number of hydrogen-bond donors (Lipinski definition) is 0. The maximum absolute atomic E-state index is 5.74. The molecule has 0 saturated carbocycles. The molecular weight excluding hydrogens is 190 g/mol. The van der Waals surface area contributed by atoms with Crippen LogP contribution in [0.4, 0.5) is 0 Å². The number of oxime groups is 1. The van der Waals surface area contributed by atoms with Gasteiger partial charge in [-0.05, 0) is 12.5 Å². The van der Waals surface area contributed by atoms with Gasteiger partial charge in [0.25, 0.3) is 0 Å². The molecule has 2 aliphatic heterocycles. The van der Waals surface area contributed by atoms with Crippen LogP contribution in [-0.2, 0) is 9.57 Å². The van der Waals surface area contributed by atoms with Gasteiger partial charge in [0.05, 0.1) is 18.2 Å². The third-order valence-corrected chi connectivity index (χ3v) is 2.98. The number of fused-ring (bicyclic) bond motifs is 1. The minimum absolute atomic E-state index is 0.0121. The van der Waals surface area contributed by atoms with Crippen LogP contribution in [0.25, 0.3) is 0 Å². The summed E-state index contributed by atoms with van der Waals surface area (Å²) in [6.45, 7) is 3.49. The Labute approximate surface area is 88.7 Å². The number of ether oxygens (including phenoxy) is 1. The molecule has 0 unspecified atom stereocenters. The van der Waals surface area contributed by atoms with Gasteiger partial charge in [-0.3, -0.25) is 0 Å². The van der Waals surface area contributed by atoms with Crippen molar-refractivity contribution in [3.8, 4) is 0 Å². The molecule has 0 spiro atoms. The maximum atomic E-state index is 5.74. The smallest absolute Gasteiger partial charge is 0.127 e. The number of nitrogens with zero attached hydrogens (tertiary/aromatic N) is 1. The van der Waals surface area contributed by atoms with Crippen LogP contribution in [0.5, 0.6) is 0 Å². The molecule has 3 rings (SSSR count). The molecule has 2 heterocycles. The first-order valence-corrected chi connectivity index (χ1v) is 5.22. The highest BCUT2D eigenvalue weighted by Gasteiger charge is 2.38. The van der Waals surface area contributed by atoms with Crippen LogP contribution in [0.2, 0.25) is 0 Å². The van der Waals surface area contributed by atoms with E-state index in [1.807, 2.05) is 0 Å². The minimum Gasteiger partial charge on any atom is -0.395 e. The zero-order valence-electron chi connectivity index (χ0n) is 8.64. The van der Waals surface area contributed by atoms with Crippen molar-refractivity contribution in [2.45, 2.75) is 13.0 Å². The Balaban J connectivity index is 1.91. The first-order chi connectivity index (χ1) is 7.34. The van der Waals surface area contributed by atoms with E-state index >= 15 is 0 Å².